The lowest BCUT2D eigenvalue weighted by molar-refractivity contribution is -0.123. The maximum atomic E-state index is 12.7. The molecule has 0 saturated heterocycles. The summed E-state index contributed by atoms with van der Waals surface area (Å²) in [6.07, 6.45) is 1.44. The zero-order chi connectivity index (χ0) is 20.5. The Labute approximate surface area is 166 Å². The molecule has 8 heteroatoms. The first-order chi connectivity index (χ1) is 13.4. The summed E-state index contributed by atoms with van der Waals surface area (Å²) in [6.45, 7) is 2.93. The lowest BCUT2D eigenvalue weighted by Gasteiger charge is -2.09. The van der Waals surface area contributed by atoms with Crippen molar-refractivity contribution in [3.8, 4) is 0 Å². The van der Waals surface area contributed by atoms with E-state index in [4.69, 9.17) is 16.3 Å². The second-order valence-electron chi connectivity index (χ2n) is 5.50. The van der Waals surface area contributed by atoms with Gasteiger partial charge in [-0.2, -0.15) is 0 Å². The number of ether oxygens (including phenoxy) is 1. The van der Waals surface area contributed by atoms with Crippen LogP contribution >= 0.6 is 11.6 Å². The van der Waals surface area contributed by atoms with Crippen molar-refractivity contribution in [1.82, 2.24) is 10.6 Å². The van der Waals surface area contributed by atoms with Crippen LogP contribution in [0, 0.1) is 0 Å². The summed E-state index contributed by atoms with van der Waals surface area (Å²) in [5.74, 6) is -2.06. The molecule has 7 nitrogen and oxygen atoms in total. The SMILES string of the molecule is C=CCNC(=O)NC(=O)COC(=O)c1ccccc1C(=O)c1ccc(Cl)cc1. The maximum absolute atomic E-state index is 12.7. The van der Waals surface area contributed by atoms with E-state index in [-0.39, 0.29) is 17.7 Å². The van der Waals surface area contributed by atoms with Gasteiger partial charge in [0.1, 0.15) is 0 Å². The van der Waals surface area contributed by atoms with E-state index in [1.807, 2.05) is 5.32 Å². The van der Waals surface area contributed by atoms with E-state index in [1.54, 1.807) is 36.4 Å². The molecular formula is C20H17ClN2O5. The van der Waals surface area contributed by atoms with Gasteiger partial charge in [-0.15, -0.1) is 6.58 Å². The Hall–Kier alpha value is -3.45. The second-order valence-corrected chi connectivity index (χ2v) is 5.94. The highest BCUT2D eigenvalue weighted by Crippen LogP contribution is 2.17. The van der Waals surface area contributed by atoms with Gasteiger partial charge in [-0.3, -0.25) is 14.9 Å². The monoisotopic (exact) mass is 400 g/mol. The van der Waals surface area contributed by atoms with Gasteiger partial charge in [0.25, 0.3) is 5.91 Å². The van der Waals surface area contributed by atoms with Crippen molar-refractivity contribution in [2.45, 2.75) is 0 Å². The van der Waals surface area contributed by atoms with Gasteiger partial charge in [0.05, 0.1) is 5.56 Å². The molecule has 0 aliphatic carbocycles. The molecular weight excluding hydrogens is 384 g/mol. The number of benzene rings is 2. The quantitative estimate of drug-likeness (QED) is 0.422. The number of ketones is 1. The minimum atomic E-state index is -0.862. The van der Waals surface area contributed by atoms with Crippen LogP contribution in [0.25, 0.3) is 0 Å². The van der Waals surface area contributed by atoms with Gasteiger partial charge in [-0.1, -0.05) is 35.9 Å². The highest BCUT2D eigenvalue weighted by Gasteiger charge is 2.20. The first kappa shape index (κ1) is 20.9. The minimum absolute atomic E-state index is 0.00589. The van der Waals surface area contributed by atoms with Crippen molar-refractivity contribution in [3.63, 3.8) is 0 Å². The average molecular weight is 401 g/mol. The molecule has 0 bridgehead atoms. The summed E-state index contributed by atoms with van der Waals surface area (Å²) in [5.41, 5.74) is 0.478. The molecule has 2 aromatic carbocycles. The van der Waals surface area contributed by atoms with Crippen LogP contribution in [-0.2, 0) is 9.53 Å². The van der Waals surface area contributed by atoms with Crippen LogP contribution < -0.4 is 10.6 Å². The van der Waals surface area contributed by atoms with E-state index < -0.39 is 30.3 Å². The molecule has 0 radical (unpaired) electrons. The maximum Gasteiger partial charge on any atom is 0.339 e. The largest absolute Gasteiger partial charge is 0.452 e. The van der Waals surface area contributed by atoms with Crippen molar-refractivity contribution < 1.29 is 23.9 Å². The smallest absolute Gasteiger partial charge is 0.339 e. The van der Waals surface area contributed by atoms with E-state index in [2.05, 4.69) is 11.9 Å². The number of amides is 3. The standard InChI is InChI=1S/C20H17ClN2O5/c1-2-11-22-20(27)23-17(24)12-28-19(26)16-6-4-3-5-15(16)18(25)13-7-9-14(21)10-8-13/h2-10H,1,11-12H2,(H2,22,23,24,27). The summed E-state index contributed by atoms with van der Waals surface area (Å²) in [5, 5.41) is 4.82. The molecule has 3 amide bonds. The van der Waals surface area contributed by atoms with E-state index in [0.29, 0.717) is 10.6 Å². The van der Waals surface area contributed by atoms with Crippen molar-refractivity contribution in [1.29, 1.82) is 0 Å². The Kier molecular flexibility index (Phi) is 7.47. The van der Waals surface area contributed by atoms with Crippen LogP contribution in [0.15, 0.2) is 61.2 Å². The van der Waals surface area contributed by atoms with Crippen LogP contribution in [0.4, 0.5) is 4.79 Å². The van der Waals surface area contributed by atoms with Crippen LogP contribution in [0.5, 0.6) is 0 Å². The zero-order valence-electron chi connectivity index (χ0n) is 14.7. The molecule has 2 N–H and O–H groups in total. The van der Waals surface area contributed by atoms with Crippen molar-refractivity contribution in [2.24, 2.45) is 0 Å². The van der Waals surface area contributed by atoms with Gasteiger partial charge in [0, 0.05) is 22.7 Å². The number of imide groups is 1. The fourth-order valence-electron chi connectivity index (χ4n) is 2.20. The summed E-state index contributed by atoms with van der Waals surface area (Å²) in [6, 6.07) is 11.6. The number of rotatable bonds is 7. The third-order valence-corrected chi connectivity index (χ3v) is 3.74. The van der Waals surface area contributed by atoms with Crippen molar-refractivity contribution in [2.75, 3.05) is 13.2 Å². The molecule has 0 fully saturated rings. The summed E-state index contributed by atoms with van der Waals surface area (Å²) >= 11 is 5.82. The molecule has 28 heavy (non-hydrogen) atoms. The predicted octanol–water partition coefficient (Wildman–Crippen LogP) is 2.74. The predicted molar refractivity (Wildman–Crippen MR) is 103 cm³/mol. The van der Waals surface area contributed by atoms with Gasteiger partial charge in [0.15, 0.2) is 12.4 Å². The molecule has 144 valence electrons. The Morgan fingerprint density at radius 3 is 2.29 bits per heavy atom. The molecule has 0 unspecified atom stereocenters. The molecule has 2 aromatic rings. The normalized spacial score (nSPS) is 9.89. The molecule has 0 atom stereocenters. The molecule has 2 rings (SSSR count). The van der Waals surface area contributed by atoms with Crippen molar-refractivity contribution >= 4 is 35.3 Å². The first-order valence-corrected chi connectivity index (χ1v) is 8.55. The average Bonchev–Trinajstić information content (AvgIpc) is 2.70. The lowest BCUT2D eigenvalue weighted by atomic mass is 9.98. The summed E-state index contributed by atoms with van der Waals surface area (Å²) in [7, 11) is 0. The highest BCUT2D eigenvalue weighted by molar-refractivity contribution is 6.30. The molecule has 0 aliphatic rings. The Balaban J connectivity index is 2.05. The number of esters is 1. The number of hydrogen-bond acceptors (Lipinski definition) is 5. The zero-order valence-corrected chi connectivity index (χ0v) is 15.5. The van der Waals surface area contributed by atoms with Gasteiger partial charge in [0.2, 0.25) is 0 Å². The highest BCUT2D eigenvalue weighted by atomic mass is 35.5. The third-order valence-electron chi connectivity index (χ3n) is 3.49. The van der Waals surface area contributed by atoms with Gasteiger partial charge >= 0.3 is 12.0 Å². The van der Waals surface area contributed by atoms with Gasteiger partial charge in [-0.05, 0) is 30.3 Å². The Morgan fingerprint density at radius 1 is 1.00 bits per heavy atom. The third kappa shape index (κ3) is 5.78. The minimum Gasteiger partial charge on any atom is -0.452 e. The topological polar surface area (TPSA) is 102 Å². The van der Waals surface area contributed by atoms with E-state index >= 15 is 0 Å². The van der Waals surface area contributed by atoms with Crippen LogP contribution in [0.1, 0.15) is 26.3 Å². The molecule has 0 heterocycles. The Bertz CT molecular complexity index is 909. The number of nitrogens with one attached hydrogen (secondary N) is 2. The van der Waals surface area contributed by atoms with E-state index in [0.717, 1.165) is 0 Å². The number of carbonyl (C=O) groups is 4. The second kappa shape index (κ2) is 10.0. The number of halogens is 1. The number of carbonyl (C=O) groups excluding carboxylic acids is 4. The van der Waals surface area contributed by atoms with Crippen LogP contribution in [0.2, 0.25) is 5.02 Å². The van der Waals surface area contributed by atoms with Gasteiger partial charge in [-0.25, -0.2) is 9.59 Å². The van der Waals surface area contributed by atoms with E-state index in [9.17, 15) is 19.2 Å². The van der Waals surface area contributed by atoms with Crippen molar-refractivity contribution in [3.05, 3.63) is 82.9 Å². The molecule has 0 aromatic heterocycles. The summed E-state index contributed by atoms with van der Waals surface area (Å²) < 4.78 is 4.92. The molecule has 0 saturated carbocycles. The fraction of sp³-hybridized carbons (Fsp3) is 0.100. The Morgan fingerprint density at radius 2 is 1.64 bits per heavy atom. The van der Waals surface area contributed by atoms with E-state index in [1.165, 1.54) is 18.2 Å². The molecule has 0 aliphatic heterocycles. The molecule has 0 spiro atoms. The van der Waals surface area contributed by atoms with Crippen LogP contribution in [0.3, 0.4) is 0 Å². The summed E-state index contributed by atoms with van der Waals surface area (Å²) in [4.78, 5) is 48.0. The van der Waals surface area contributed by atoms with Gasteiger partial charge < -0.3 is 10.1 Å². The lowest BCUT2D eigenvalue weighted by Crippen LogP contribution is -2.41. The first-order valence-electron chi connectivity index (χ1n) is 8.17. The number of urea groups is 1. The van der Waals surface area contributed by atoms with Crippen LogP contribution in [-0.4, -0.2) is 36.8 Å². The fourth-order valence-corrected chi connectivity index (χ4v) is 2.32. The number of hydrogen-bond donors (Lipinski definition) is 2.